The largest absolute Gasteiger partial charge is 0.457 e. The van der Waals surface area contributed by atoms with Crippen LogP contribution >= 0.6 is 0 Å². The van der Waals surface area contributed by atoms with Crippen LogP contribution in [0.5, 0.6) is 11.5 Å². The van der Waals surface area contributed by atoms with Crippen molar-refractivity contribution in [2.75, 3.05) is 19.8 Å². The van der Waals surface area contributed by atoms with Crippen molar-refractivity contribution < 1.29 is 22.7 Å². The molecule has 0 aliphatic rings. The minimum absolute atomic E-state index is 0.0362. The standard InChI is InChI=1S/C24H26N2O5S/c1-26(2)24(27)23(30-18-19-8-6-7-16-25-19)15-17-32(28,29)22-13-11-21(12-14-22)31-20-9-4-3-5-10-20/h3-14,16,23H,15,17-18H2,1-2H3. The van der Waals surface area contributed by atoms with E-state index in [4.69, 9.17) is 9.47 Å². The van der Waals surface area contributed by atoms with Gasteiger partial charge in [-0.3, -0.25) is 9.78 Å². The van der Waals surface area contributed by atoms with Crippen LogP contribution in [0.15, 0.2) is 83.9 Å². The van der Waals surface area contributed by atoms with Gasteiger partial charge in [0.2, 0.25) is 0 Å². The van der Waals surface area contributed by atoms with E-state index in [-0.39, 0.29) is 29.6 Å². The quantitative estimate of drug-likeness (QED) is 0.464. The first-order valence-corrected chi connectivity index (χ1v) is 11.8. The van der Waals surface area contributed by atoms with Crippen LogP contribution in [-0.4, -0.2) is 50.2 Å². The van der Waals surface area contributed by atoms with Crippen molar-refractivity contribution in [1.82, 2.24) is 9.88 Å². The second-order valence-electron chi connectivity index (χ2n) is 7.35. The van der Waals surface area contributed by atoms with Gasteiger partial charge >= 0.3 is 0 Å². The van der Waals surface area contributed by atoms with E-state index in [0.29, 0.717) is 17.2 Å². The lowest BCUT2D eigenvalue weighted by Crippen LogP contribution is -2.36. The Kier molecular flexibility index (Phi) is 7.97. The molecule has 8 heteroatoms. The number of likely N-dealkylation sites (N-methyl/N-ethyl adjacent to an activating group) is 1. The molecule has 168 valence electrons. The third-order valence-corrected chi connectivity index (χ3v) is 6.45. The summed E-state index contributed by atoms with van der Waals surface area (Å²) in [5.74, 6) is 0.689. The van der Waals surface area contributed by atoms with Crippen LogP contribution in [0.4, 0.5) is 0 Å². The van der Waals surface area contributed by atoms with E-state index in [1.54, 1.807) is 44.6 Å². The minimum atomic E-state index is -3.61. The number of hydrogen-bond acceptors (Lipinski definition) is 6. The molecule has 0 bridgehead atoms. The molecule has 0 saturated heterocycles. The molecule has 3 aromatic rings. The fraction of sp³-hybridized carbons (Fsp3) is 0.250. The number of hydrogen-bond donors (Lipinski definition) is 0. The Morgan fingerprint density at radius 1 is 0.938 bits per heavy atom. The predicted octanol–water partition coefficient (Wildman–Crippen LogP) is 3.71. The lowest BCUT2D eigenvalue weighted by molar-refractivity contribution is -0.142. The zero-order chi connectivity index (χ0) is 23.0. The van der Waals surface area contributed by atoms with E-state index >= 15 is 0 Å². The fourth-order valence-electron chi connectivity index (χ4n) is 2.96. The number of amides is 1. The van der Waals surface area contributed by atoms with Crippen LogP contribution in [0.25, 0.3) is 0 Å². The Labute approximate surface area is 188 Å². The maximum atomic E-state index is 12.8. The summed E-state index contributed by atoms with van der Waals surface area (Å²) in [4.78, 5) is 18.2. The third kappa shape index (κ3) is 6.63. The van der Waals surface area contributed by atoms with Crippen molar-refractivity contribution in [3.8, 4) is 11.5 Å². The molecular weight excluding hydrogens is 428 g/mol. The van der Waals surface area contributed by atoms with Crippen molar-refractivity contribution in [2.24, 2.45) is 0 Å². The molecular formula is C24H26N2O5S. The first-order chi connectivity index (χ1) is 15.3. The van der Waals surface area contributed by atoms with Crippen molar-refractivity contribution in [1.29, 1.82) is 0 Å². The summed E-state index contributed by atoms with van der Waals surface area (Å²) >= 11 is 0. The Morgan fingerprint density at radius 3 is 2.22 bits per heavy atom. The Bertz CT molecular complexity index is 1100. The van der Waals surface area contributed by atoms with E-state index in [9.17, 15) is 13.2 Å². The van der Waals surface area contributed by atoms with Crippen molar-refractivity contribution in [3.05, 3.63) is 84.7 Å². The van der Waals surface area contributed by atoms with Gasteiger partial charge in [-0.05, 0) is 55.0 Å². The molecule has 0 fully saturated rings. The maximum absolute atomic E-state index is 12.8. The molecule has 1 aromatic heterocycles. The Morgan fingerprint density at radius 2 is 1.59 bits per heavy atom. The number of carbonyl (C=O) groups excluding carboxylic acids is 1. The van der Waals surface area contributed by atoms with E-state index < -0.39 is 15.9 Å². The number of pyridine rings is 1. The lowest BCUT2D eigenvalue weighted by atomic mass is 10.2. The van der Waals surface area contributed by atoms with Gasteiger partial charge in [-0.15, -0.1) is 0 Å². The van der Waals surface area contributed by atoms with Gasteiger partial charge < -0.3 is 14.4 Å². The number of aromatic nitrogens is 1. The normalized spacial score (nSPS) is 12.2. The maximum Gasteiger partial charge on any atom is 0.251 e. The van der Waals surface area contributed by atoms with Gasteiger partial charge in [0.15, 0.2) is 9.84 Å². The van der Waals surface area contributed by atoms with Crippen molar-refractivity contribution in [2.45, 2.75) is 24.0 Å². The molecule has 1 unspecified atom stereocenters. The van der Waals surface area contributed by atoms with Gasteiger partial charge in [-0.25, -0.2) is 8.42 Å². The van der Waals surface area contributed by atoms with Gasteiger partial charge in [-0.1, -0.05) is 24.3 Å². The number of ether oxygens (including phenoxy) is 2. The summed E-state index contributed by atoms with van der Waals surface area (Å²) in [6.07, 6.45) is 0.786. The molecule has 0 aliphatic carbocycles. The topological polar surface area (TPSA) is 85.8 Å². The highest BCUT2D eigenvalue weighted by Gasteiger charge is 2.25. The van der Waals surface area contributed by atoms with E-state index in [1.807, 2.05) is 36.4 Å². The molecule has 2 aromatic carbocycles. The Balaban J connectivity index is 1.64. The van der Waals surface area contributed by atoms with Crippen LogP contribution in [0.3, 0.4) is 0 Å². The van der Waals surface area contributed by atoms with Crippen molar-refractivity contribution in [3.63, 3.8) is 0 Å². The number of benzene rings is 2. The summed E-state index contributed by atoms with van der Waals surface area (Å²) in [6.45, 7) is 0.122. The number of para-hydroxylation sites is 1. The molecule has 1 amide bonds. The summed E-state index contributed by atoms with van der Waals surface area (Å²) in [6, 6.07) is 20.9. The van der Waals surface area contributed by atoms with Crippen LogP contribution in [0.1, 0.15) is 12.1 Å². The smallest absolute Gasteiger partial charge is 0.251 e. The number of sulfone groups is 1. The Hall–Kier alpha value is -3.23. The van der Waals surface area contributed by atoms with Crippen LogP contribution in [0.2, 0.25) is 0 Å². The van der Waals surface area contributed by atoms with Gasteiger partial charge in [0.05, 0.1) is 22.9 Å². The predicted molar refractivity (Wildman–Crippen MR) is 121 cm³/mol. The molecule has 0 N–H and O–H groups in total. The first kappa shape index (κ1) is 23.4. The SMILES string of the molecule is CN(C)C(=O)C(CCS(=O)(=O)c1ccc(Oc2ccccc2)cc1)OCc1ccccn1. The molecule has 0 spiro atoms. The summed E-state index contributed by atoms with van der Waals surface area (Å²) in [7, 11) is -0.388. The van der Waals surface area contributed by atoms with Crippen molar-refractivity contribution >= 4 is 15.7 Å². The van der Waals surface area contributed by atoms with Crippen LogP contribution in [0, 0.1) is 0 Å². The lowest BCUT2D eigenvalue weighted by Gasteiger charge is -2.21. The summed E-state index contributed by atoms with van der Waals surface area (Å²) in [5, 5.41) is 0. The molecule has 32 heavy (non-hydrogen) atoms. The van der Waals surface area contributed by atoms with E-state index in [0.717, 1.165) is 0 Å². The molecule has 1 heterocycles. The zero-order valence-electron chi connectivity index (χ0n) is 18.0. The number of rotatable bonds is 10. The van der Waals surface area contributed by atoms with E-state index in [2.05, 4.69) is 4.98 Å². The zero-order valence-corrected chi connectivity index (χ0v) is 18.9. The third-order valence-electron chi connectivity index (χ3n) is 4.69. The summed E-state index contributed by atoms with van der Waals surface area (Å²) < 4.78 is 37.1. The average Bonchev–Trinajstić information content (AvgIpc) is 2.80. The highest BCUT2D eigenvalue weighted by molar-refractivity contribution is 7.91. The monoisotopic (exact) mass is 454 g/mol. The highest BCUT2D eigenvalue weighted by Crippen LogP contribution is 2.23. The molecule has 0 saturated carbocycles. The van der Waals surface area contributed by atoms with Crippen LogP contribution in [-0.2, 0) is 26.0 Å². The second-order valence-corrected chi connectivity index (χ2v) is 9.46. The molecule has 0 radical (unpaired) electrons. The average molecular weight is 455 g/mol. The summed E-state index contributed by atoms with van der Waals surface area (Å²) in [5.41, 5.74) is 0.668. The van der Waals surface area contributed by atoms with Gasteiger partial charge in [0, 0.05) is 20.3 Å². The number of carbonyl (C=O) groups is 1. The van der Waals surface area contributed by atoms with Crippen LogP contribution < -0.4 is 4.74 Å². The first-order valence-electron chi connectivity index (χ1n) is 10.1. The molecule has 7 nitrogen and oxygen atoms in total. The molecule has 1 atom stereocenters. The van der Waals surface area contributed by atoms with Gasteiger partial charge in [0.1, 0.15) is 17.6 Å². The molecule has 0 aliphatic heterocycles. The number of nitrogens with zero attached hydrogens (tertiary/aromatic N) is 2. The van der Waals surface area contributed by atoms with E-state index in [1.165, 1.54) is 17.0 Å². The second kappa shape index (κ2) is 10.9. The fourth-order valence-corrected chi connectivity index (χ4v) is 4.27. The molecule has 3 rings (SSSR count). The van der Waals surface area contributed by atoms with Gasteiger partial charge in [-0.2, -0.15) is 0 Å². The minimum Gasteiger partial charge on any atom is -0.457 e. The van der Waals surface area contributed by atoms with Gasteiger partial charge in [0.25, 0.3) is 5.91 Å². The highest BCUT2D eigenvalue weighted by atomic mass is 32.2.